The lowest BCUT2D eigenvalue weighted by molar-refractivity contribution is 1.23. The Hall–Kier alpha value is -5.86. The molecule has 234 valence electrons. The van der Waals surface area contributed by atoms with Crippen molar-refractivity contribution in [3.63, 3.8) is 0 Å². The third-order valence-corrected chi connectivity index (χ3v) is 9.33. The Morgan fingerprint density at radius 3 is 0.833 bits per heavy atom. The van der Waals surface area contributed by atoms with Gasteiger partial charge in [0.25, 0.3) is 0 Å². The highest BCUT2D eigenvalue weighted by atomic mass is 15.2. The molecular weight excluding hydrogens is 581 g/mol. The van der Waals surface area contributed by atoms with Crippen LogP contribution in [0.1, 0.15) is 22.3 Å². The van der Waals surface area contributed by atoms with Crippen molar-refractivity contribution in [2.45, 2.75) is 27.7 Å². The Labute approximate surface area is 285 Å². The van der Waals surface area contributed by atoms with Gasteiger partial charge in [-0.05, 0) is 145 Å². The summed E-state index contributed by atoms with van der Waals surface area (Å²) in [4.78, 5) is 4.69. The summed E-state index contributed by atoms with van der Waals surface area (Å²) in [6, 6.07) is 61.2. The van der Waals surface area contributed by atoms with Crippen molar-refractivity contribution < 1.29 is 0 Å². The minimum absolute atomic E-state index is 1.11. The molecule has 0 fully saturated rings. The summed E-state index contributed by atoms with van der Waals surface area (Å²) in [5, 5.41) is 0. The van der Waals surface area contributed by atoms with E-state index in [2.05, 4.69) is 207 Å². The third-order valence-electron chi connectivity index (χ3n) is 9.33. The van der Waals surface area contributed by atoms with Gasteiger partial charge in [-0.1, -0.05) is 97.1 Å². The predicted octanol–water partition coefficient (Wildman–Crippen LogP) is 13.2. The van der Waals surface area contributed by atoms with E-state index in [4.69, 9.17) is 0 Å². The SMILES string of the molecule is Cc1ccc(N(c2ccc(-c3ccccc3)cc2)c2ccc(N(c3ccc(-c4ccccc4)cc3)c3ccc(C)c(C)c3)cc2)cc1C. The Morgan fingerprint density at radius 1 is 0.250 bits per heavy atom. The molecule has 0 atom stereocenters. The maximum atomic E-state index is 2.35. The molecular formula is C46H40N2. The number of aryl methyl sites for hydroxylation is 4. The highest BCUT2D eigenvalue weighted by molar-refractivity contribution is 5.83. The lowest BCUT2D eigenvalue weighted by Gasteiger charge is -2.29. The van der Waals surface area contributed by atoms with E-state index in [1.807, 2.05) is 0 Å². The molecule has 0 heterocycles. The molecule has 0 aliphatic heterocycles. The minimum Gasteiger partial charge on any atom is -0.310 e. The highest BCUT2D eigenvalue weighted by Gasteiger charge is 2.17. The van der Waals surface area contributed by atoms with Gasteiger partial charge >= 0.3 is 0 Å². The van der Waals surface area contributed by atoms with Crippen molar-refractivity contribution in [3.8, 4) is 22.3 Å². The summed E-state index contributed by atoms with van der Waals surface area (Å²) in [5.41, 5.74) is 16.7. The monoisotopic (exact) mass is 620 g/mol. The molecule has 0 radical (unpaired) electrons. The van der Waals surface area contributed by atoms with Crippen molar-refractivity contribution in [2.75, 3.05) is 9.80 Å². The summed E-state index contributed by atoms with van der Waals surface area (Å²) in [7, 11) is 0. The van der Waals surface area contributed by atoms with Crippen molar-refractivity contribution in [2.24, 2.45) is 0 Å². The molecule has 0 unspecified atom stereocenters. The zero-order chi connectivity index (χ0) is 33.0. The Kier molecular flexibility index (Phi) is 8.64. The van der Waals surface area contributed by atoms with Gasteiger partial charge in [-0.2, -0.15) is 0 Å². The van der Waals surface area contributed by atoms with E-state index in [0.29, 0.717) is 0 Å². The van der Waals surface area contributed by atoms with Gasteiger partial charge in [0, 0.05) is 34.1 Å². The average molecular weight is 621 g/mol. The van der Waals surface area contributed by atoms with Crippen LogP contribution < -0.4 is 9.80 Å². The molecule has 0 aliphatic rings. The Balaban J connectivity index is 1.29. The number of anilines is 6. The van der Waals surface area contributed by atoms with E-state index in [-0.39, 0.29) is 0 Å². The van der Waals surface area contributed by atoms with E-state index in [1.54, 1.807) is 0 Å². The van der Waals surface area contributed by atoms with Gasteiger partial charge in [0.15, 0.2) is 0 Å². The molecule has 0 aliphatic carbocycles. The summed E-state index contributed by atoms with van der Waals surface area (Å²) in [6.07, 6.45) is 0. The topological polar surface area (TPSA) is 6.48 Å². The lowest BCUT2D eigenvalue weighted by atomic mass is 10.0. The van der Waals surface area contributed by atoms with Gasteiger partial charge in [0.2, 0.25) is 0 Å². The standard InChI is InChI=1S/C46H40N2/c1-33-15-21-45(31-35(33)3)47(41-23-17-39(18-24-41)37-11-7-5-8-12-37)43-27-29-44(30-28-43)48(46-22-16-34(2)36(4)32-46)42-25-19-40(20-26-42)38-13-9-6-10-14-38/h5-32H,1-4H3. The van der Waals surface area contributed by atoms with Gasteiger partial charge in [-0.25, -0.2) is 0 Å². The maximum Gasteiger partial charge on any atom is 0.0464 e. The van der Waals surface area contributed by atoms with Crippen molar-refractivity contribution in [1.29, 1.82) is 0 Å². The molecule has 0 amide bonds. The van der Waals surface area contributed by atoms with Gasteiger partial charge in [0.05, 0.1) is 0 Å². The van der Waals surface area contributed by atoms with Crippen molar-refractivity contribution >= 4 is 34.1 Å². The van der Waals surface area contributed by atoms with Gasteiger partial charge < -0.3 is 9.80 Å². The molecule has 0 aromatic heterocycles. The number of hydrogen-bond acceptors (Lipinski definition) is 2. The first-order valence-corrected chi connectivity index (χ1v) is 16.6. The second-order valence-electron chi connectivity index (χ2n) is 12.6. The van der Waals surface area contributed by atoms with Crippen LogP contribution in [0.4, 0.5) is 34.1 Å². The first kappa shape index (κ1) is 30.8. The number of hydrogen-bond donors (Lipinski definition) is 0. The number of rotatable bonds is 8. The summed E-state index contributed by atoms with van der Waals surface area (Å²) >= 11 is 0. The van der Waals surface area contributed by atoms with Crippen LogP contribution in [0.5, 0.6) is 0 Å². The van der Waals surface area contributed by atoms with Crippen molar-refractivity contribution in [1.82, 2.24) is 0 Å². The van der Waals surface area contributed by atoms with E-state index >= 15 is 0 Å². The normalized spacial score (nSPS) is 10.9. The van der Waals surface area contributed by atoms with E-state index < -0.39 is 0 Å². The molecule has 0 saturated heterocycles. The van der Waals surface area contributed by atoms with Crippen LogP contribution in [0.25, 0.3) is 22.3 Å². The van der Waals surface area contributed by atoms with Crippen LogP contribution in [-0.4, -0.2) is 0 Å². The molecule has 2 heteroatoms. The van der Waals surface area contributed by atoms with E-state index in [1.165, 1.54) is 44.5 Å². The largest absolute Gasteiger partial charge is 0.310 e. The summed E-state index contributed by atoms with van der Waals surface area (Å²) in [5.74, 6) is 0. The third kappa shape index (κ3) is 6.38. The second-order valence-corrected chi connectivity index (χ2v) is 12.6. The predicted molar refractivity (Wildman–Crippen MR) is 206 cm³/mol. The maximum absolute atomic E-state index is 2.35. The molecule has 0 N–H and O–H groups in total. The minimum atomic E-state index is 1.11. The fraction of sp³-hybridized carbons (Fsp3) is 0.0870. The molecule has 0 spiro atoms. The smallest absolute Gasteiger partial charge is 0.0464 e. The van der Waals surface area contributed by atoms with Gasteiger partial charge in [-0.3, -0.25) is 0 Å². The van der Waals surface area contributed by atoms with Crippen LogP contribution in [0.15, 0.2) is 170 Å². The van der Waals surface area contributed by atoms with E-state index in [9.17, 15) is 0 Å². The zero-order valence-corrected chi connectivity index (χ0v) is 28.1. The van der Waals surface area contributed by atoms with E-state index in [0.717, 1.165) is 34.1 Å². The lowest BCUT2D eigenvalue weighted by Crippen LogP contribution is -2.12. The molecule has 0 bridgehead atoms. The second kappa shape index (κ2) is 13.5. The molecule has 7 aromatic carbocycles. The Morgan fingerprint density at radius 2 is 0.521 bits per heavy atom. The fourth-order valence-corrected chi connectivity index (χ4v) is 6.24. The number of nitrogens with zero attached hydrogens (tertiary/aromatic N) is 2. The van der Waals surface area contributed by atoms with Crippen molar-refractivity contribution in [3.05, 3.63) is 192 Å². The average Bonchev–Trinajstić information content (AvgIpc) is 3.13. The molecule has 2 nitrogen and oxygen atoms in total. The van der Waals surface area contributed by atoms with Crippen LogP contribution in [0.2, 0.25) is 0 Å². The first-order valence-electron chi connectivity index (χ1n) is 16.6. The molecule has 48 heavy (non-hydrogen) atoms. The molecule has 7 aromatic rings. The first-order chi connectivity index (χ1) is 23.4. The van der Waals surface area contributed by atoms with Crippen LogP contribution in [-0.2, 0) is 0 Å². The molecule has 0 saturated carbocycles. The van der Waals surface area contributed by atoms with Gasteiger partial charge in [0.1, 0.15) is 0 Å². The van der Waals surface area contributed by atoms with Crippen LogP contribution >= 0.6 is 0 Å². The molecule has 7 rings (SSSR count). The zero-order valence-electron chi connectivity index (χ0n) is 28.1. The quantitative estimate of drug-likeness (QED) is 0.167. The number of benzene rings is 7. The van der Waals surface area contributed by atoms with Crippen LogP contribution in [0.3, 0.4) is 0 Å². The van der Waals surface area contributed by atoms with Gasteiger partial charge in [-0.15, -0.1) is 0 Å². The summed E-state index contributed by atoms with van der Waals surface area (Å²) in [6.45, 7) is 8.70. The fourth-order valence-electron chi connectivity index (χ4n) is 6.24. The highest BCUT2D eigenvalue weighted by Crippen LogP contribution is 2.40. The Bertz CT molecular complexity index is 1970. The summed E-state index contributed by atoms with van der Waals surface area (Å²) < 4.78 is 0. The van der Waals surface area contributed by atoms with Crippen LogP contribution in [0, 0.1) is 27.7 Å².